The summed E-state index contributed by atoms with van der Waals surface area (Å²) in [4.78, 5) is 0. The lowest BCUT2D eigenvalue weighted by Gasteiger charge is -2.17. The van der Waals surface area contributed by atoms with Crippen molar-refractivity contribution >= 4 is 6.08 Å². The van der Waals surface area contributed by atoms with Crippen LogP contribution < -0.4 is 0 Å². The van der Waals surface area contributed by atoms with Crippen LogP contribution in [-0.4, -0.2) is 10.2 Å². The zero-order valence-electron chi connectivity index (χ0n) is 14.1. The second-order valence-corrected chi connectivity index (χ2v) is 6.10. The summed E-state index contributed by atoms with van der Waals surface area (Å²) in [6.45, 7) is 7.99. The molecular formula is C21H18F2N2. The van der Waals surface area contributed by atoms with E-state index in [-0.39, 0.29) is 17.6 Å². The van der Waals surface area contributed by atoms with Crippen LogP contribution in [0.4, 0.5) is 8.78 Å². The van der Waals surface area contributed by atoms with Gasteiger partial charge in [-0.25, -0.2) is 8.78 Å². The summed E-state index contributed by atoms with van der Waals surface area (Å²) in [7, 11) is 0. The van der Waals surface area contributed by atoms with E-state index in [4.69, 9.17) is 0 Å². The highest BCUT2D eigenvalue weighted by Crippen LogP contribution is 2.36. The van der Waals surface area contributed by atoms with E-state index in [1.54, 1.807) is 30.3 Å². The van der Waals surface area contributed by atoms with E-state index in [0.29, 0.717) is 5.69 Å². The molecule has 0 bridgehead atoms. The van der Waals surface area contributed by atoms with Crippen LogP contribution in [0, 0.1) is 11.6 Å². The molecule has 3 rings (SSSR count). The van der Waals surface area contributed by atoms with Crippen molar-refractivity contribution in [3.05, 3.63) is 78.0 Å². The summed E-state index contributed by atoms with van der Waals surface area (Å²) < 4.78 is 26.7. The van der Waals surface area contributed by atoms with Crippen molar-refractivity contribution in [3.63, 3.8) is 0 Å². The Morgan fingerprint density at radius 2 is 1.36 bits per heavy atom. The molecule has 2 nitrogen and oxygen atoms in total. The molecule has 4 heteroatoms. The van der Waals surface area contributed by atoms with E-state index >= 15 is 0 Å². The fourth-order valence-corrected chi connectivity index (χ4v) is 2.82. The zero-order valence-corrected chi connectivity index (χ0v) is 14.1. The van der Waals surface area contributed by atoms with E-state index in [2.05, 4.69) is 16.8 Å². The number of rotatable bonds is 4. The van der Waals surface area contributed by atoms with Crippen LogP contribution in [0.15, 0.2) is 55.1 Å². The third-order valence-electron chi connectivity index (χ3n) is 4.04. The van der Waals surface area contributed by atoms with Crippen molar-refractivity contribution in [2.24, 2.45) is 0 Å². The maximum Gasteiger partial charge on any atom is 0.123 e. The predicted molar refractivity (Wildman–Crippen MR) is 97.0 cm³/mol. The van der Waals surface area contributed by atoms with Gasteiger partial charge in [-0.3, -0.25) is 0 Å². The maximum atomic E-state index is 13.4. The summed E-state index contributed by atoms with van der Waals surface area (Å²) in [5.41, 5.74) is 4.67. The Bertz CT molecular complexity index is 898. The fourth-order valence-electron chi connectivity index (χ4n) is 2.82. The van der Waals surface area contributed by atoms with E-state index in [0.717, 1.165) is 27.9 Å². The third kappa shape index (κ3) is 3.33. The topological polar surface area (TPSA) is 25.8 Å². The Hall–Kier alpha value is -2.88. The minimum absolute atomic E-state index is 0.155. The largest absolute Gasteiger partial charge is 0.207 e. The van der Waals surface area contributed by atoms with Gasteiger partial charge in [-0.15, -0.1) is 5.10 Å². The minimum atomic E-state index is -0.317. The molecule has 1 heterocycles. The second-order valence-electron chi connectivity index (χ2n) is 6.10. The highest BCUT2D eigenvalue weighted by molar-refractivity contribution is 5.87. The molecule has 0 amide bonds. The summed E-state index contributed by atoms with van der Waals surface area (Å²) >= 11 is 0. The zero-order chi connectivity index (χ0) is 18.0. The highest BCUT2D eigenvalue weighted by atomic mass is 19.1. The van der Waals surface area contributed by atoms with Crippen molar-refractivity contribution in [1.29, 1.82) is 0 Å². The lowest BCUT2D eigenvalue weighted by molar-refractivity contribution is 0.627. The van der Waals surface area contributed by atoms with Gasteiger partial charge in [0.05, 0.1) is 5.69 Å². The van der Waals surface area contributed by atoms with Crippen molar-refractivity contribution in [1.82, 2.24) is 10.2 Å². The van der Waals surface area contributed by atoms with Gasteiger partial charge in [0.2, 0.25) is 0 Å². The highest BCUT2D eigenvalue weighted by Gasteiger charge is 2.19. The number of halogens is 2. The first-order valence-corrected chi connectivity index (χ1v) is 8.06. The molecule has 1 aromatic heterocycles. The van der Waals surface area contributed by atoms with E-state index in [9.17, 15) is 8.78 Å². The summed E-state index contributed by atoms with van der Waals surface area (Å²) in [5.74, 6) is -0.469. The fraction of sp³-hybridized carbons (Fsp3) is 0.143. The lowest BCUT2D eigenvalue weighted by atomic mass is 9.91. The molecule has 0 N–H and O–H groups in total. The molecule has 0 saturated heterocycles. The van der Waals surface area contributed by atoms with Gasteiger partial charge < -0.3 is 0 Å². The first-order valence-electron chi connectivity index (χ1n) is 8.06. The van der Waals surface area contributed by atoms with Gasteiger partial charge in [-0.05, 0) is 47.9 Å². The monoisotopic (exact) mass is 336 g/mol. The quantitative estimate of drug-likeness (QED) is 0.597. The molecule has 25 heavy (non-hydrogen) atoms. The van der Waals surface area contributed by atoms with Gasteiger partial charge in [-0.2, -0.15) is 5.10 Å². The Morgan fingerprint density at radius 3 is 1.84 bits per heavy atom. The first kappa shape index (κ1) is 17.0. The van der Waals surface area contributed by atoms with E-state index in [1.165, 1.54) is 24.3 Å². The van der Waals surface area contributed by atoms with Gasteiger partial charge in [0.15, 0.2) is 0 Å². The molecular weight excluding hydrogens is 318 g/mol. The molecule has 0 spiro atoms. The molecule has 0 atom stereocenters. The SMILES string of the molecule is C=Cc1c(C(C)C)nnc(-c2ccc(F)cc2)c1-c1ccc(F)cc1. The molecule has 0 fully saturated rings. The smallest absolute Gasteiger partial charge is 0.123 e. The number of benzene rings is 2. The van der Waals surface area contributed by atoms with Crippen molar-refractivity contribution in [2.45, 2.75) is 19.8 Å². The van der Waals surface area contributed by atoms with Crippen molar-refractivity contribution < 1.29 is 8.78 Å². The van der Waals surface area contributed by atoms with Gasteiger partial charge in [0.1, 0.15) is 17.3 Å². The normalized spacial score (nSPS) is 10.9. The Kier molecular flexibility index (Phi) is 4.70. The van der Waals surface area contributed by atoms with Crippen LogP contribution in [0.1, 0.15) is 31.0 Å². The van der Waals surface area contributed by atoms with Gasteiger partial charge in [0.25, 0.3) is 0 Å². The standard InChI is InChI=1S/C21H18F2N2/c1-4-18-19(14-5-9-16(22)10-6-14)21(25-24-20(18)13(2)3)15-7-11-17(23)12-8-15/h4-13H,1H2,2-3H3. The Morgan fingerprint density at radius 1 is 0.840 bits per heavy atom. The summed E-state index contributed by atoms with van der Waals surface area (Å²) in [5, 5.41) is 8.76. The van der Waals surface area contributed by atoms with E-state index in [1.807, 2.05) is 13.8 Å². The average molecular weight is 336 g/mol. The van der Waals surface area contributed by atoms with Crippen LogP contribution in [0.2, 0.25) is 0 Å². The third-order valence-corrected chi connectivity index (χ3v) is 4.04. The average Bonchev–Trinajstić information content (AvgIpc) is 2.62. The lowest BCUT2D eigenvalue weighted by Crippen LogP contribution is -2.04. The maximum absolute atomic E-state index is 13.4. The number of hydrogen-bond donors (Lipinski definition) is 0. The molecule has 3 aromatic rings. The van der Waals surface area contributed by atoms with Crippen LogP contribution in [0.5, 0.6) is 0 Å². The van der Waals surface area contributed by atoms with Gasteiger partial charge >= 0.3 is 0 Å². The molecule has 0 aliphatic carbocycles. The summed E-state index contributed by atoms with van der Waals surface area (Å²) in [6, 6.07) is 12.3. The molecule has 2 aromatic carbocycles. The van der Waals surface area contributed by atoms with Crippen LogP contribution in [0.25, 0.3) is 28.5 Å². The minimum Gasteiger partial charge on any atom is -0.207 e. The van der Waals surface area contributed by atoms with Crippen molar-refractivity contribution in [2.75, 3.05) is 0 Å². The second kappa shape index (κ2) is 6.93. The molecule has 0 aliphatic rings. The summed E-state index contributed by atoms with van der Waals surface area (Å²) in [6.07, 6.45) is 1.75. The molecule has 0 radical (unpaired) electrons. The molecule has 0 saturated carbocycles. The van der Waals surface area contributed by atoms with Crippen LogP contribution >= 0.6 is 0 Å². The predicted octanol–water partition coefficient (Wildman–Crippen LogP) is 5.86. The van der Waals surface area contributed by atoms with Gasteiger partial charge in [-0.1, -0.05) is 38.6 Å². The Balaban J connectivity index is 2.33. The molecule has 0 aliphatic heterocycles. The number of hydrogen-bond acceptors (Lipinski definition) is 2. The number of aromatic nitrogens is 2. The number of nitrogens with zero attached hydrogens (tertiary/aromatic N) is 2. The molecule has 0 unspecified atom stereocenters. The van der Waals surface area contributed by atoms with Crippen LogP contribution in [-0.2, 0) is 0 Å². The van der Waals surface area contributed by atoms with Gasteiger partial charge in [0, 0.05) is 16.7 Å². The molecule has 126 valence electrons. The first-order chi connectivity index (χ1) is 12.0. The van der Waals surface area contributed by atoms with Crippen LogP contribution in [0.3, 0.4) is 0 Å². The van der Waals surface area contributed by atoms with Crippen molar-refractivity contribution in [3.8, 4) is 22.4 Å². The Labute approximate surface area is 145 Å². The van der Waals surface area contributed by atoms with E-state index < -0.39 is 0 Å².